The van der Waals surface area contributed by atoms with Gasteiger partial charge in [0, 0.05) is 11.3 Å². The predicted octanol–water partition coefficient (Wildman–Crippen LogP) is 2.54. The Bertz CT molecular complexity index is 245. The van der Waals surface area contributed by atoms with Gasteiger partial charge in [0.1, 0.15) is 0 Å². The van der Waals surface area contributed by atoms with Crippen molar-refractivity contribution in [3.8, 4) is 0 Å². The topological polar surface area (TPSA) is 28.7 Å². The van der Waals surface area contributed by atoms with Gasteiger partial charge in [-0.15, -0.1) is 12.6 Å². The van der Waals surface area contributed by atoms with Crippen LogP contribution in [0.2, 0.25) is 0 Å². The lowest BCUT2D eigenvalue weighted by Crippen LogP contribution is -2.02. The summed E-state index contributed by atoms with van der Waals surface area (Å²) in [4.78, 5) is 0. The average Bonchev–Trinajstić information content (AvgIpc) is 2.08. The minimum atomic E-state index is -1.15. The normalized spacial score (nSPS) is 12.1. The molecule has 5 heteroatoms. The first-order valence-corrected chi connectivity index (χ1v) is 4.25. The van der Waals surface area contributed by atoms with Crippen molar-refractivity contribution in [3.63, 3.8) is 0 Å². The summed E-state index contributed by atoms with van der Waals surface area (Å²) in [5.41, 5.74) is 2.37. The molecule has 1 aromatic rings. The maximum atomic E-state index is 5.78. The van der Waals surface area contributed by atoms with E-state index in [1.54, 1.807) is 0 Å². The highest BCUT2D eigenvalue weighted by Crippen LogP contribution is 2.40. The molecule has 1 N–H and O–H groups in total. The Morgan fingerprint density at radius 3 is 2.18 bits per heavy atom. The molecule has 0 aliphatic carbocycles. The molecule has 0 radical (unpaired) electrons. The third kappa shape index (κ3) is 1.83. The number of nitrogens with zero attached hydrogens (tertiary/aromatic N) is 1. The van der Waals surface area contributed by atoms with Gasteiger partial charge in [-0.25, -0.2) is 0 Å². The van der Waals surface area contributed by atoms with Gasteiger partial charge in [-0.3, -0.25) is 5.10 Å². The summed E-state index contributed by atoms with van der Waals surface area (Å²) in [6.45, 7) is 3.68. The zero-order chi connectivity index (χ0) is 8.65. The second-order valence-corrected chi connectivity index (χ2v) is 4.88. The lowest BCUT2D eigenvalue weighted by molar-refractivity contribution is 1.02. The fourth-order valence-corrected chi connectivity index (χ4v) is 1.88. The number of aromatic nitrogens is 2. The molecule has 2 nitrogen and oxygen atoms in total. The molecule has 0 atom stereocenters. The van der Waals surface area contributed by atoms with E-state index < -0.39 is 3.67 Å². The van der Waals surface area contributed by atoms with Gasteiger partial charge in [0.2, 0.25) is 0 Å². The molecule has 0 unspecified atom stereocenters. The summed E-state index contributed by atoms with van der Waals surface area (Å²) in [5.74, 6) is 0. The van der Waals surface area contributed by atoms with Gasteiger partial charge in [0.05, 0.1) is 5.69 Å². The zero-order valence-corrected chi connectivity index (χ0v) is 8.56. The SMILES string of the molecule is Cc1n[nH]c(C)c1C(S)(Cl)Cl. The molecule has 0 aliphatic rings. The largest absolute Gasteiger partial charge is 0.282 e. The van der Waals surface area contributed by atoms with E-state index in [2.05, 4.69) is 22.8 Å². The minimum Gasteiger partial charge on any atom is -0.282 e. The lowest BCUT2D eigenvalue weighted by Gasteiger charge is -2.11. The van der Waals surface area contributed by atoms with Crippen LogP contribution in [0.15, 0.2) is 0 Å². The van der Waals surface area contributed by atoms with E-state index in [-0.39, 0.29) is 0 Å². The summed E-state index contributed by atoms with van der Waals surface area (Å²) in [6.07, 6.45) is 0. The van der Waals surface area contributed by atoms with E-state index >= 15 is 0 Å². The molecule has 0 saturated heterocycles. The van der Waals surface area contributed by atoms with Crippen LogP contribution in [0.3, 0.4) is 0 Å². The zero-order valence-electron chi connectivity index (χ0n) is 6.15. The highest BCUT2D eigenvalue weighted by molar-refractivity contribution is 7.84. The molecular weight excluding hydrogens is 203 g/mol. The molecule has 0 fully saturated rings. The first kappa shape index (κ1) is 9.23. The fourth-order valence-electron chi connectivity index (χ4n) is 0.994. The molecule has 0 aromatic carbocycles. The highest BCUT2D eigenvalue weighted by atomic mass is 35.5. The minimum absolute atomic E-state index is 0.740. The Labute approximate surface area is 80.7 Å². The van der Waals surface area contributed by atoms with Crippen molar-refractivity contribution in [2.45, 2.75) is 17.5 Å². The molecule has 0 bridgehead atoms. The Balaban J connectivity index is 3.21. The van der Waals surface area contributed by atoms with Gasteiger partial charge < -0.3 is 0 Å². The van der Waals surface area contributed by atoms with Gasteiger partial charge in [-0.1, -0.05) is 23.2 Å². The number of halogens is 2. The Hall–Kier alpha value is 0.140. The molecule has 0 amide bonds. The molecule has 1 heterocycles. The molecule has 11 heavy (non-hydrogen) atoms. The van der Waals surface area contributed by atoms with Crippen molar-refractivity contribution < 1.29 is 0 Å². The van der Waals surface area contributed by atoms with Gasteiger partial charge in [-0.2, -0.15) is 5.10 Å². The van der Waals surface area contributed by atoms with Crippen LogP contribution in [-0.2, 0) is 3.67 Å². The first-order valence-electron chi connectivity index (χ1n) is 3.05. The van der Waals surface area contributed by atoms with Crippen molar-refractivity contribution in [1.82, 2.24) is 10.2 Å². The van der Waals surface area contributed by atoms with Crippen LogP contribution >= 0.6 is 35.8 Å². The number of aromatic amines is 1. The van der Waals surface area contributed by atoms with Gasteiger partial charge in [-0.05, 0) is 13.8 Å². The molecular formula is C6H8Cl2N2S. The maximum absolute atomic E-state index is 5.78. The van der Waals surface area contributed by atoms with Crippen molar-refractivity contribution in [3.05, 3.63) is 17.0 Å². The van der Waals surface area contributed by atoms with E-state index in [4.69, 9.17) is 23.2 Å². The second-order valence-electron chi connectivity index (χ2n) is 2.35. The van der Waals surface area contributed by atoms with Crippen LogP contribution in [-0.4, -0.2) is 10.2 Å². The number of hydrogen-bond acceptors (Lipinski definition) is 2. The molecule has 0 saturated carbocycles. The van der Waals surface area contributed by atoms with Gasteiger partial charge in [0.15, 0.2) is 3.67 Å². The molecule has 1 aromatic heterocycles. The number of aryl methyl sites for hydroxylation is 2. The molecule has 1 rings (SSSR count). The number of rotatable bonds is 1. The average molecular weight is 211 g/mol. The number of hydrogen-bond donors (Lipinski definition) is 2. The standard InChI is InChI=1S/C6H8Cl2N2S/c1-3-5(6(7,8)11)4(2)10-9-3/h11H,1-2H3,(H,9,10). The van der Waals surface area contributed by atoms with Crippen LogP contribution in [0, 0.1) is 13.8 Å². The summed E-state index contributed by atoms with van der Waals surface area (Å²) in [7, 11) is 0. The van der Waals surface area contributed by atoms with Crippen molar-refractivity contribution in [1.29, 1.82) is 0 Å². The van der Waals surface area contributed by atoms with Crippen molar-refractivity contribution in [2.24, 2.45) is 0 Å². The first-order chi connectivity index (χ1) is 4.93. The molecule has 62 valence electrons. The van der Waals surface area contributed by atoms with E-state index in [0.717, 1.165) is 17.0 Å². The summed E-state index contributed by atoms with van der Waals surface area (Å²) in [5, 5.41) is 6.72. The maximum Gasteiger partial charge on any atom is 0.189 e. The Kier molecular flexibility index (Phi) is 2.42. The van der Waals surface area contributed by atoms with E-state index in [1.165, 1.54) is 0 Å². The van der Waals surface area contributed by atoms with Crippen LogP contribution in [0.5, 0.6) is 0 Å². The van der Waals surface area contributed by atoms with Gasteiger partial charge in [0.25, 0.3) is 0 Å². The van der Waals surface area contributed by atoms with Crippen molar-refractivity contribution in [2.75, 3.05) is 0 Å². The Morgan fingerprint density at radius 1 is 1.45 bits per heavy atom. The molecule has 0 aliphatic heterocycles. The number of nitrogens with one attached hydrogen (secondary N) is 1. The van der Waals surface area contributed by atoms with E-state index in [0.29, 0.717) is 0 Å². The van der Waals surface area contributed by atoms with Crippen LogP contribution in [0.25, 0.3) is 0 Å². The molecule has 0 spiro atoms. The Morgan fingerprint density at radius 2 is 2.00 bits per heavy atom. The van der Waals surface area contributed by atoms with E-state index in [1.807, 2.05) is 13.8 Å². The van der Waals surface area contributed by atoms with Crippen molar-refractivity contribution >= 4 is 35.8 Å². The summed E-state index contributed by atoms with van der Waals surface area (Å²) >= 11 is 15.6. The fraction of sp³-hybridized carbons (Fsp3) is 0.500. The highest BCUT2D eigenvalue weighted by Gasteiger charge is 2.27. The number of alkyl halides is 2. The summed E-state index contributed by atoms with van der Waals surface area (Å²) < 4.78 is -1.15. The quantitative estimate of drug-likeness (QED) is 0.542. The van der Waals surface area contributed by atoms with E-state index in [9.17, 15) is 0 Å². The third-order valence-electron chi connectivity index (χ3n) is 1.43. The van der Waals surface area contributed by atoms with Crippen LogP contribution < -0.4 is 0 Å². The smallest absolute Gasteiger partial charge is 0.189 e. The van der Waals surface area contributed by atoms with Crippen LogP contribution in [0.4, 0.5) is 0 Å². The number of thiol groups is 1. The second kappa shape index (κ2) is 2.88. The predicted molar refractivity (Wildman–Crippen MR) is 50.4 cm³/mol. The van der Waals surface area contributed by atoms with Gasteiger partial charge >= 0.3 is 0 Å². The summed E-state index contributed by atoms with van der Waals surface area (Å²) in [6, 6.07) is 0. The third-order valence-corrected chi connectivity index (χ3v) is 2.03. The van der Waals surface area contributed by atoms with Crippen LogP contribution in [0.1, 0.15) is 17.0 Å². The lowest BCUT2D eigenvalue weighted by atomic mass is 10.2. The monoisotopic (exact) mass is 210 g/mol. The number of H-pyrrole nitrogens is 1.